The third kappa shape index (κ3) is 2.47. The van der Waals surface area contributed by atoms with Crippen molar-refractivity contribution in [2.24, 2.45) is 0 Å². The molecule has 0 aliphatic heterocycles. The maximum absolute atomic E-state index is 9.44. The van der Waals surface area contributed by atoms with Crippen molar-refractivity contribution in [3.8, 4) is 0 Å². The number of aliphatic hydroxyl groups is 1. The Bertz CT molecular complexity index is 538. The Morgan fingerprint density at radius 1 is 1.50 bits per heavy atom. The summed E-state index contributed by atoms with van der Waals surface area (Å²) in [5.41, 5.74) is 8.37. The van der Waals surface area contributed by atoms with E-state index < -0.39 is 0 Å². The first-order chi connectivity index (χ1) is 8.67. The highest BCUT2D eigenvalue weighted by Gasteiger charge is 2.15. The van der Waals surface area contributed by atoms with Crippen molar-refractivity contribution in [1.82, 2.24) is 9.55 Å². The van der Waals surface area contributed by atoms with Gasteiger partial charge in [0.1, 0.15) is 12.4 Å². The van der Waals surface area contributed by atoms with Crippen LogP contribution >= 0.6 is 11.8 Å². The number of fused-ring (bicyclic) bond motifs is 1. The summed E-state index contributed by atoms with van der Waals surface area (Å²) in [6.07, 6.45) is 3.16. The number of hydrogen-bond donors (Lipinski definition) is 2. The zero-order valence-corrected chi connectivity index (χ0v) is 11.6. The van der Waals surface area contributed by atoms with Gasteiger partial charge in [0.25, 0.3) is 0 Å². The van der Waals surface area contributed by atoms with Crippen LogP contribution in [0.15, 0.2) is 18.2 Å². The number of nitrogen functional groups attached to an aromatic ring is 1. The molecule has 0 bridgehead atoms. The summed E-state index contributed by atoms with van der Waals surface area (Å²) in [4.78, 5) is 4.45. The number of nitrogens with zero attached hydrogens (tertiary/aromatic N) is 2. The highest BCUT2D eigenvalue weighted by Crippen LogP contribution is 2.25. The zero-order valence-electron chi connectivity index (χ0n) is 10.8. The van der Waals surface area contributed by atoms with Gasteiger partial charge in [0, 0.05) is 11.7 Å². The number of anilines is 1. The molecular weight excluding hydrogens is 246 g/mol. The number of benzene rings is 1. The Kier molecular flexibility index (Phi) is 4.14. The molecule has 18 heavy (non-hydrogen) atoms. The van der Waals surface area contributed by atoms with E-state index in [2.05, 4.69) is 22.7 Å². The summed E-state index contributed by atoms with van der Waals surface area (Å²) in [7, 11) is 0. The van der Waals surface area contributed by atoms with Crippen LogP contribution in [0.4, 0.5) is 5.69 Å². The van der Waals surface area contributed by atoms with Gasteiger partial charge in [-0.15, -0.1) is 0 Å². The SMILES string of the molecule is CSCCC(C)n1c(CO)nc2cc(N)ccc21. The molecule has 0 amide bonds. The highest BCUT2D eigenvalue weighted by molar-refractivity contribution is 7.98. The number of thioether (sulfide) groups is 1. The van der Waals surface area contributed by atoms with Gasteiger partial charge in [-0.1, -0.05) is 0 Å². The van der Waals surface area contributed by atoms with Crippen molar-refractivity contribution >= 4 is 28.5 Å². The van der Waals surface area contributed by atoms with E-state index in [1.54, 1.807) is 0 Å². The molecule has 2 aromatic rings. The van der Waals surface area contributed by atoms with Crippen LogP contribution in [0, 0.1) is 0 Å². The van der Waals surface area contributed by atoms with Crippen molar-refractivity contribution in [2.75, 3.05) is 17.7 Å². The summed E-state index contributed by atoms with van der Waals surface area (Å²) in [5.74, 6) is 1.81. The van der Waals surface area contributed by atoms with E-state index in [1.165, 1.54) is 0 Å². The minimum absolute atomic E-state index is 0.0435. The maximum Gasteiger partial charge on any atom is 0.135 e. The van der Waals surface area contributed by atoms with Gasteiger partial charge in [-0.05, 0) is 43.6 Å². The molecular formula is C13H19N3OS. The molecule has 98 valence electrons. The summed E-state index contributed by atoms with van der Waals surface area (Å²) < 4.78 is 2.12. The topological polar surface area (TPSA) is 64.1 Å². The first-order valence-electron chi connectivity index (χ1n) is 6.03. The fraction of sp³-hybridized carbons (Fsp3) is 0.462. The Labute approximate surface area is 111 Å². The lowest BCUT2D eigenvalue weighted by Gasteiger charge is -2.16. The first-order valence-corrected chi connectivity index (χ1v) is 7.43. The van der Waals surface area contributed by atoms with Gasteiger partial charge in [-0.25, -0.2) is 4.98 Å². The molecule has 5 heteroatoms. The lowest BCUT2D eigenvalue weighted by molar-refractivity contribution is 0.262. The predicted molar refractivity (Wildman–Crippen MR) is 77.8 cm³/mol. The van der Waals surface area contributed by atoms with Crippen LogP contribution in [-0.4, -0.2) is 26.7 Å². The van der Waals surface area contributed by atoms with Gasteiger partial charge in [0.05, 0.1) is 11.0 Å². The molecule has 1 atom stereocenters. The summed E-state index contributed by atoms with van der Waals surface area (Å²) in [5, 5.41) is 9.44. The van der Waals surface area contributed by atoms with Crippen molar-refractivity contribution in [3.05, 3.63) is 24.0 Å². The number of aliphatic hydroxyl groups excluding tert-OH is 1. The Hall–Kier alpha value is -1.20. The van der Waals surface area contributed by atoms with Crippen LogP contribution in [0.5, 0.6) is 0 Å². The smallest absolute Gasteiger partial charge is 0.135 e. The zero-order chi connectivity index (χ0) is 13.1. The molecule has 1 heterocycles. The quantitative estimate of drug-likeness (QED) is 0.815. The normalized spacial score (nSPS) is 13.1. The van der Waals surface area contributed by atoms with Gasteiger partial charge in [0.2, 0.25) is 0 Å². The molecule has 0 fully saturated rings. The van der Waals surface area contributed by atoms with E-state index in [4.69, 9.17) is 5.73 Å². The number of imidazole rings is 1. The van der Waals surface area contributed by atoms with Crippen LogP contribution in [0.3, 0.4) is 0 Å². The summed E-state index contributed by atoms with van der Waals surface area (Å²) >= 11 is 1.83. The summed E-state index contributed by atoms with van der Waals surface area (Å²) in [6, 6.07) is 6.04. The van der Waals surface area contributed by atoms with Crippen LogP contribution < -0.4 is 5.73 Å². The van der Waals surface area contributed by atoms with Crippen molar-refractivity contribution in [1.29, 1.82) is 0 Å². The van der Waals surface area contributed by atoms with E-state index >= 15 is 0 Å². The van der Waals surface area contributed by atoms with Gasteiger partial charge >= 0.3 is 0 Å². The molecule has 0 radical (unpaired) electrons. The highest BCUT2D eigenvalue weighted by atomic mass is 32.2. The van der Waals surface area contributed by atoms with E-state index in [9.17, 15) is 5.11 Å². The molecule has 0 saturated heterocycles. The minimum atomic E-state index is -0.0435. The number of rotatable bonds is 5. The third-order valence-corrected chi connectivity index (χ3v) is 3.75. The number of hydrogen-bond acceptors (Lipinski definition) is 4. The van der Waals surface area contributed by atoms with Crippen molar-refractivity contribution in [3.63, 3.8) is 0 Å². The average Bonchev–Trinajstić information content (AvgIpc) is 2.73. The lowest BCUT2D eigenvalue weighted by atomic mass is 10.2. The van der Waals surface area contributed by atoms with E-state index in [-0.39, 0.29) is 6.61 Å². The molecule has 0 spiro atoms. The molecule has 0 aliphatic carbocycles. The molecule has 4 nitrogen and oxygen atoms in total. The van der Waals surface area contributed by atoms with Crippen LogP contribution in [-0.2, 0) is 6.61 Å². The maximum atomic E-state index is 9.44. The van der Waals surface area contributed by atoms with Gasteiger partial charge in [-0.3, -0.25) is 0 Å². The minimum Gasteiger partial charge on any atom is -0.399 e. The van der Waals surface area contributed by atoms with Crippen molar-refractivity contribution < 1.29 is 5.11 Å². The predicted octanol–water partition coefficient (Wildman–Crippen LogP) is 2.42. The molecule has 2 rings (SSSR count). The first kappa shape index (κ1) is 13.2. The van der Waals surface area contributed by atoms with Crippen LogP contribution in [0.1, 0.15) is 25.2 Å². The second kappa shape index (κ2) is 5.63. The molecule has 3 N–H and O–H groups in total. The second-order valence-electron chi connectivity index (χ2n) is 4.43. The second-order valence-corrected chi connectivity index (χ2v) is 5.42. The average molecular weight is 265 g/mol. The number of nitrogens with two attached hydrogens (primary N) is 1. The van der Waals surface area contributed by atoms with Crippen molar-refractivity contribution in [2.45, 2.75) is 26.0 Å². The van der Waals surface area contributed by atoms with Gasteiger partial charge < -0.3 is 15.4 Å². The Morgan fingerprint density at radius 3 is 2.94 bits per heavy atom. The number of aromatic nitrogens is 2. The fourth-order valence-corrected chi connectivity index (χ4v) is 2.76. The summed E-state index contributed by atoms with van der Waals surface area (Å²) in [6.45, 7) is 2.12. The van der Waals surface area contributed by atoms with Crippen LogP contribution in [0.25, 0.3) is 11.0 Å². The lowest BCUT2D eigenvalue weighted by Crippen LogP contribution is -2.10. The van der Waals surface area contributed by atoms with Gasteiger partial charge in [-0.2, -0.15) is 11.8 Å². The Balaban J connectivity index is 2.46. The molecule has 0 saturated carbocycles. The third-order valence-electron chi connectivity index (χ3n) is 3.11. The standard InChI is InChI=1S/C13H19N3OS/c1-9(5-6-18-2)16-12-4-3-10(14)7-11(12)15-13(16)8-17/h3-4,7,9,17H,5-6,8,14H2,1-2H3. The largest absolute Gasteiger partial charge is 0.399 e. The fourth-order valence-electron chi connectivity index (χ4n) is 2.19. The Morgan fingerprint density at radius 2 is 2.28 bits per heavy atom. The van der Waals surface area contributed by atoms with Gasteiger partial charge in [0.15, 0.2) is 0 Å². The molecule has 1 unspecified atom stereocenters. The van der Waals surface area contributed by atoms with E-state index in [1.807, 2.05) is 30.0 Å². The van der Waals surface area contributed by atoms with E-state index in [0.29, 0.717) is 17.6 Å². The molecule has 0 aliphatic rings. The molecule has 1 aromatic carbocycles. The van der Waals surface area contributed by atoms with Crippen LogP contribution in [0.2, 0.25) is 0 Å². The monoisotopic (exact) mass is 265 g/mol. The molecule has 1 aromatic heterocycles. The van der Waals surface area contributed by atoms with E-state index in [0.717, 1.165) is 23.2 Å².